The average molecular weight is 294 g/mol. The maximum atomic E-state index is 11.4. The van der Waals surface area contributed by atoms with Gasteiger partial charge in [-0.25, -0.2) is 4.98 Å². The number of rotatable bonds is 4. The summed E-state index contributed by atoms with van der Waals surface area (Å²) < 4.78 is 7.14. The van der Waals surface area contributed by atoms with Crippen molar-refractivity contribution in [3.8, 4) is 0 Å². The van der Waals surface area contributed by atoms with Gasteiger partial charge in [-0.3, -0.25) is 9.36 Å². The number of aryl methyl sites for hydroxylation is 1. The van der Waals surface area contributed by atoms with Gasteiger partial charge in [0.15, 0.2) is 0 Å². The van der Waals surface area contributed by atoms with Crippen molar-refractivity contribution in [3.63, 3.8) is 0 Å². The molecule has 0 N–H and O–H groups in total. The van der Waals surface area contributed by atoms with E-state index in [2.05, 4.69) is 4.98 Å². The highest BCUT2D eigenvalue weighted by Crippen LogP contribution is 1.94. The van der Waals surface area contributed by atoms with E-state index in [1.807, 2.05) is 22.6 Å². The summed E-state index contributed by atoms with van der Waals surface area (Å²) in [5.41, 5.74) is 0.0201. The molecule has 0 bridgehead atoms. The van der Waals surface area contributed by atoms with Gasteiger partial charge >= 0.3 is 0 Å². The number of aromatic nitrogens is 2. The topological polar surface area (TPSA) is 44.1 Å². The van der Waals surface area contributed by atoms with Crippen LogP contribution in [0.15, 0.2) is 17.3 Å². The molecule has 4 nitrogen and oxygen atoms in total. The van der Waals surface area contributed by atoms with Crippen molar-refractivity contribution in [3.05, 3.63) is 26.4 Å². The minimum Gasteiger partial charge on any atom is -0.385 e. The predicted molar refractivity (Wildman–Crippen MR) is 57.7 cm³/mol. The van der Waals surface area contributed by atoms with Crippen molar-refractivity contribution < 1.29 is 4.74 Å². The molecule has 13 heavy (non-hydrogen) atoms. The van der Waals surface area contributed by atoms with Crippen molar-refractivity contribution in [2.45, 2.75) is 13.0 Å². The molecule has 1 aromatic rings. The van der Waals surface area contributed by atoms with Gasteiger partial charge in [0.25, 0.3) is 5.56 Å². The van der Waals surface area contributed by atoms with Crippen LogP contribution in [0.25, 0.3) is 0 Å². The van der Waals surface area contributed by atoms with Gasteiger partial charge in [-0.2, -0.15) is 0 Å². The smallest absolute Gasteiger partial charge is 0.266 e. The molecule has 0 atom stereocenters. The monoisotopic (exact) mass is 294 g/mol. The summed E-state index contributed by atoms with van der Waals surface area (Å²) in [6, 6.07) is 0. The Morgan fingerprint density at radius 1 is 1.69 bits per heavy atom. The van der Waals surface area contributed by atoms with Crippen molar-refractivity contribution in [2.75, 3.05) is 13.7 Å². The van der Waals surface area contributed by atoms with Gasteiger partial charge in [0, 0.05) is 26.5 Å². The minimum absolute atomic E-state index is 0.0201. The lowest BCUT2D eigenvalue weighted by molar-refractivity contribution is 0.190. The van der Waals surface area contributed by atoms with Crippen molar-refractivity contribution >= 4 is 22.6 Å². The van der Waals surface area contributed by atoms with E-state index in [4.69, 9.17) is 4.74 Å². The van der Waals surface area contributed by atoms with Crippen molar-refractivity contribution in [1.29, 1.82) is 0 Å². The molecule has 0 fully saturated rings. The van der Waals surface area contributed by atoms with Gasteiger partial charge in [0.05, 0.1) is 9.90 Å². The van der Waals surface area contributed by atoms with E-state index in [0.717, 1.165) is 6.42 Å². The van der Waals surface area contributed by atoms with Crippen LogP contribution in [0, 0.1) is 3.57 Å². The molecule has 5 heteroatoms. The van der Waals surface area contributed by atoms with Gasteiger partial charge in [0.2, 0.25) is 0 Å². The first-order valence-electron chi connectivity index (χ1n) is 3.94. The van der Waals surface area contributed by atoms with E-state index in [9.17, 15) is 4.79 Å². The lowest BCUT2D eigenvalue weighted by Crippen LogP contribution is -2.22. The quantitative estimate of drug-likeness (QED) is 0.612. The van der Waals surface area contributed by atoms with Gasteiger partial charge < -0.3 is 4.74 Å². The Morgan fingerprint density at radius 2 is 2.46 bits per heavy atom. The summed E-state index contributed by atoms with van der Waals surface area (Å²) >= 11 is 1.98. The predicted octanol–water partition coefficient (Wildman–Crippen LogP) is 0.884. The van der Waals surface area contributed by atoms with Crippen LogP contribution in [0.4, 0.5) is 0 Å². The molecule has 0 aliphatic rings. The molecule has 0 spiro atoms. The highest BCUT2D eigenvalue weighted by Gasteiger charge is 1.99. The van der Waals surface area contributed by atoms with Crippen molar-refractivity contribution in [2.24, 2.45) is 0 Å². The molecule has 0 saturated heterocycles. The van der Waals surface area contributed by atoms with Crippen LogP contribution in [0.3, 0.4) is 0 Å². The third kappa shape index (κ3) is 3.07. The molecule has 0 aliphatic heterocycles. The summed E-state index contributed by atoms with van der Waals surface area (Å²) in [5, 5.41) is 0. The fourth-order valence-electron chi connectivity index (χ4n) is 0.963. The Kier molecular flexibility index (Phi) is 4.37. The van der Waals surface area contributed by atoms with Gasteiger partial charge in [-0.15, -0.1) is 0 Å². The number of ether oxygens (including phenoxy) is 1. The zero-order valence-corrected chi connectivity index (χ0v) is 9.52. The maximum Gasteiger partial charge on any atom is 0.266 e. The SMILES string of the molecule is COCCCn1cncc(I)c1=O. The molecule has 1 aromatic heterocycles. The molecule has 0 aromatic carbocycles. The van der Waals surface area contributed by atoms with E-state index >= 15 is 0 Å². The molecule has 1 rings (SSSR count). The standard InChI is InChI=1S/C8H11IN2O2/c1-13-4-2-3-11-6-10-5-7(9)8(11)12/h5-6H,2-4H2,1H3. The summed E-state index contributed by atoms with van der Waals surface area (Å²) in [6.07, 6.45) is 3.95. The number of halogens is 1. The van der Waals surface area contributed by atoms with E-state index in [0.29, 0.717) is 16.7 Å². The van der Waals surface area contributed by atoms with Crippen LogP contribution in [0.2, 0.25) is 0 Å². The van der Waals surface area contributed by atoms with Gasteiger partial charge in [-0.05, 0) is 29.0 Å². The second-order valence-electron chi connectivity index (χ2n) is 2.59. The Bertz CT molecular complexity index is 324. The highest BCUT2D eigenvalue weighted by atomic mass is 127. The zero-order chi connectivity index (χ0) is 9.68. The third-order valence-electron chi connectivity index (χ3n) is 1.61. The van der Waals surface area contributed by atoms with Gasteiger partial charge in [-0.1, -0.05) is 0 Å². The van der Waals surface area contributed by atoms with E-state index in [-0.39, 0.29) is 5.56 Å². The summed E-state index contributed by atoms with van der Waals surface area (Å²) in [4.78, 5) is 15.4. The van der Waals surface area contributed by atoms with Crippen molar-refractivity contribution in [1.82, 2.24) is 9.55 Å². The molecule has 72 valence electrons. The number of hydrogen-bond acceptors (Lipinski definition) is 3. The Labute approximate surface area is 90.1 Å². The molecular weight excluding hydrogens is 283 g/mol. The van der Waals surface area contributed by atoms with E-state index < -0.39 is 0 Å². The Balaban J connectivity index is 2.67. The molecule has 1 heterocycles. The number of hydrogen-bond donors (Lipinski definition) is 0. The van der Waals surface area contributed by atoms with E-state index in [1.165, 1.54) is 0 Å². The second-order valence-corrected chi connectivity index (χ2v) is 3.75. The largest absolute Gasteiger partial charge is 0.385 e. The molecular formula is C8H11IN2O2. The van der Waals surface area contributed by atoms with Crippen LogP contribution in [0.5, 0.6) is 0 Å². The molecule has 0 aliphatic carbocycles. The molecule has 0 radical (unpaired) electrons. The van der Waals surface area contributed by atoms with E-state index in [1.54, 1.807) is 24.2 Å². The fraction of sp³-hybridized carbons (Fsp3) is 0.500. The third-order valence-corrected chi connectivity index (χ3v) is 2.35. The molecule has 0 saturated carbocycles. The summed E-state index contributed by atoms with van der Waals surface area (Å²) in [7, 11) is 1.65. The Morgan fingerprint density at radius 3 is 3.15 bits per heavy atom. The molecule has 0 amide bonds. The Hall–Kier alpha value is -0.430. The number of nitrogens with zero attached hydrogens (tertiary/aromatic N) is 2. The molecule has 0 unspecified atom stereocenters. The normalized spacial score (nSPS) is 10.3. The first kappa shape index (κ1) is 10.6. The minimum atomic E-state index is 0.0201. The van der Waals surface area contributed by atoms with Gasteiger partial charge in [0.1, 0.15) is 0 Å². The van der Waals surface area contributed by atoms with Crippen LogP contribution < -0.4 is 5.56 Å². The van der Waals surface area contributed by atoms with Crippen LogP contribution in [0.1, 0.15) is 6.42 Å². The second kappa shape index (κ2) is 5.33. The van der Waals surface area contributed by atoms with Crippen LogP contribution >= 0.6 is 22.6 Å². The lowest BCUT2D eigenvalue weighted by Gasteiger charge is -2.03. The zero-order valence-electron chi connectivity index (χ0n) is 7.36. The van der Waals surface area contributed by atoms with Crippen LogP contribution in [-0.2, 0) is 11.3 Å². The summed E-state index contributed by atoms with van der Waals surface area (Å²) in [6.45, 7) is 1.33. The maximum absolute atomic E-state index is 11.4. The first-order chi connectivity index (χ1) is 6.25. The van der Waals surface area contributed by atoms with Crippen LogP contribution in [-0.4, -0.2) is 23.3 Å². The highest BCUT2D eigenvalue weighted by molar-refractivity contribution is 14.1. The number of methoxy groups -OCH3 is 1. The average Bonchev–Trinajstić information content (AvgIpc) is 2.13. The summed E-state index contributed by atoms with van der Waals surface area (Å²) in [5.74, 6) is 0. The lowest BCUT2D eigenvalue weighted by atomic mass is 10.4. The first-order valence-corrected chi connectivity index (χ1v) is 5.02. The fourth-order valence-corrected chi connectivity index (χ4v) is 1.43.